The molecule has 0 aromatic carbocycles. The van der Waals surface area contributed by atoms with E-state index in [0.717, 1.165) is 6.42 Å². The summed E-state index contributed by atoms with van der Waals surface area (Å²) in [6.07, 6.45) is 16.0. The summed E-state index contributed by atoms with van der Waals surface area (Å²) < 4.78 is 32.7. The van der Waals surface area contributed by atoms with Crippen molar-refractivity contribution in [1.29, 1.82) is 0 Å². The van der Waals surface area contributed by atoms with Gasteiger partial charge in [-0.25, -0.2) is 19.6 Å². The molecule has 0 fully saturated rings. The molecule has 0 radical (unpaired) electrons. The maximum absolute atomic E-state index is 8.60. The molecule has 0 spiro atoms. The average molecular weight is 355 g/mol. The molecule has 0 aromatic heterocycles. The summed E-state index contributed by atoms with van der Waals surface area (Å²) in [7, 11) is -4.69. The first-order valence-electron chi connectivity index (χ1n) is 4.65. The van der Waals surface area contributed by atoms with Crippen LogP contribution in [0.1, 0.15) is 25.7 Å². The minimum Gasteiger partial charge on any atom is -0.500 e. The molecule has 0 unspecified atom stereocenters. The fourth-order valence-electron chi connectivity index (χ4n) is 0.786. The van der Waals surface area contributed by atoms with Gasteiger partial charge in [0.25, 0.3) is 0 Å². The molecule has 1 rings (SSSR count). The van der Waals surface area contributed by atoms with Crippen molar-refractivity contribution in [3.8, 4) is 0 Å². The van der Waals surface area contributed by atoms with Crippen molar-refractivity contribution in [3.63, 3.8) is 0 Å². The topological polar surface area (TPSA) is 89.4 Å². The monoisotopic (exact) mass is 354 g/mol. The van der Waals surface area contributed by atoms with Crippen molar-refractivity contribution in [2.75, 3.05) is 0 Å². The van der Waals surface area contributed by atoms with Crippen LogP contribution in [-0.2, 0) is 20.4 Å². The minimum absolute atomic E-state index is 0. The summed E-state index contributed by atoms with van der Waals surface area (Å²) in [5.41, 5.74) is 0. The molecule has 0 amide bonds. The predicted molar refractivity (Wildman–Crippen MR) is 53.2 cm³/mol. The smallest absolute Gasteiger partial charge is 0.500 e. The number of halogens is 1. The first kappa shape index (κ1) is 22.1. The van der Waals surface area contributed by atoms with Crippen LogP contribution in [0.15, 0.2) is 30.9 Å². The Bertz CT molecular complexity index is 180. The average Bonchev–Trinajstić information content (AvgIpc) is 1.99. The van der Waals surface area contributed by atoms with Crippen LogP contribution in [0.3, 0.4) is 0 Å². The minimum atomic E-state index is -4.69. The summed E-state index contributed by atoms with van der Waals surface area (Å²) in [6.45, 7) is 6.50. The van der Waals surface area contributed by atoms with E-state index in [1.807, 2.05) is 0 Å². The van der Waals surface area contributed by atoms with Gasteiger partial charge in [0.05, 0.1) is 14.9 Å². The molecule has 1 aliphatic rings. The van der Waals surface area contributed by atoms with Crippen LogP contribution in [0.2, 0.25) is 0 Å². The SMILES string of the molecule is C=C[CH2-].[C-]1=CCCC=CCC1.[O-][Cl+3]([O-])([O-])O.[Pd+2]. The van der Waals surface area contributed by atoms with Gasteiger partial charge in [-0.1, -0.05) is 25.0 Å². The van der Waals surface area contributed by atoms with E-state index >= 15 is 0 Å². The van der Waals surface area contributed by atoms with Crippen molar-refractivity contribution >= 4 is 0 Å². The van der Waals surface area contributed by atoms with Crippen molar-refractivity contribution in [3.05, 3.63) is 43.9 Å². The molecular weight excluding hydrogens is 338 g/mol. The van der Waals surface area contributed by atoms with Gasteiger partial charge in [0.2, 0.25) is 0 Å². The quantitative estimate of drug-likeness (QED) is 0.356. The molecular formula is C11H17ClO4Pd. The molecule has 0 bridgehead atoms. The molecule has 17 heavy (non-hydrogen) atoms. The van der Waals surface area contributed by atoms with Gasteiger partial charge in [0.1, 0.15) is 0 Å². The van der Waals surface area contributed by atoms with Crippen LogP contribution in [-0.4, -0.2) is 4.66 Å². The third kappa shape index (κ3) is 49.3. The van der Waals surface area contributed by atoms with Gasteiger partial charge in [-0.3, -0.25) is 6.08 Å². The second-order valence-electron chi connectivity index (χ2n) is 2.68. The van der Waals surface area contributed by atoms with Crippen LogP contribution in [0.4, 0.5) is 0 Å². The van der Waals surface area contributed by atoms with Crippen molar-refractivity contribution in [2.45, 2.75) is 25.7 Å². The number of rotatable bonds is 0. The Kier molecular flexibility index (Phi) is 20.6. The van der Waals surface area contributed by atoms with E-state index in [9.17, 15) is 0 Å². The van der Waals surface area contributed by atoms with E-state index in [2.05, 4.69) is 37.8 Å². The third-order valence-electron chi connectivity index (χ3n) is 1.24. The second-order valence-corrected chi connectivity index (χ2v) is 3.47. The largest absolute Gasteiger partial charge is 2.00 e. The Labute approximate surface area is 119 Å². The molecule has 1 aliphatic carbocycles. The molecule has 0 heterocycles. The van der Waals surface area contributed by atoms with Crippen LogP contribution < -0.4 is 14.0 Å². The standard InChI is InChI=1S/C8H11.C3H5.ClHO4.Pd/c1-2-4-6-8-7-5-3-1;1-3-2;2-1(3,4)5;/h1-2,7H,3-6H2;3H,1-2H2;(H,2,3,4,5);/q2*-1;;+2. The summed E-state index contributed by atoms with van der Waals surface area (Å²) in [6, 6.07) is 0. The van der Waals surface area contributed by atoms with E-state index in [1.54, 1.807) is 0 Å². The van der Waals surface area contributed by atoms with Gasteiger partial charge in [0, 0.05) is 0 Å². The summed E-state index contributed by atoms with van der Waals surface area (Å²) >= 11 is 0. The molecule has 0 aliphatic heterocycles. The van der Waals surface area contributed by atoms with Gasteiger partial charge >= 0.3 is 20.4 Å². The van der Waals surface area contributed by atoms with Gasteiger partial charge < -0.3 is 6.08 Å². The van der Waals surface area contributed by atoms with Crippen molar-refractivity contribution < 1.29 is 49.3 Å². The van der Waals surface area contributed by atoms with Gasteiger partial charge in [-0.2, -0.15) is 20.4 Å². The molecule has 6 heteroatoms. The van der Waals surface area contributed by atoms with Crippen LogP contribution >= 0.6 is 0 Å². The Hall–Kier alpha value is -0.118. The second kappa shape index (κ2) is 15.9. The van der Waals surface area contributed by atoms with Gasteiger partial charge in [-0.05, 0) is 6.42 Å². The molecule has 0 aromatic rings. The number of hydrogen-bond donors (Lipinski definition) is 1. The molecule has 0 saturated carbocycles. The van der Waals surface area contributed by atoms with Gasteiger partial charge in [-0.15, -0.1) is 0 Å². The first-order valence-corrected chi connectivity index (χ1v) is 5.91. The molecule has 4 nitrogen and oxygen atoms in total. The zero-order chi connectivity index (χ0) is 12.9. The van der Waals surface area contributed by atoms with Crippen molar-refractivity contribution in [1.82, 2.24) is 0 Å². The molecule has 0 saturated heterocycles. The van der Waals surface area contributed by atoms with E-state index in [-0.39, 0.29) is 20.4 Å². The number of allylic oxidation sites excluding steroid dienone is 5. The first-order chi connectivity index (χ1) is 7.41. The Morgan fingerprint density at radius 1 is 1.24 bits per heavy atom. The molecule has 1 N–H and O–H groups in total. The van der Waals surface area contributed by atoms with E-state index in [0.29, 0.717) is 0 Å². The Morgan fingerprint density at radius 2 is 1.65 bits per heavy atom. The maximum atomic E-state index is 8.60. The zero-order valence-electron chi connectivity index (χ0n) is 9.42. The number of hydrogen-bond acceptors (Lipinski definition) is 4. The van der Waals surface area contributed by atoms with Crippen LogP contribution in [0, 0.1) is 23.2 Å². The zero-order valence-corrected chi connectivity index (χ0v) is 11.7. The Morgan fingerprint density at radius 3 is 2.12 bits per heavy atom. The van der Waals surface area contributed by atoms with Crippen molar-refractivity contribution in [2.24, 2.45) is 0 Å². The molecule has 0 atom stereocenters. The third-order valence-corrected chi connectivity index (χ3v) is 1.24. The van der Waals surface area contributed by atoms with E-state index in [4.69, 9.17) is 18.6 Å². The Balaban J connectivity index is -0.000000191. The van der Waals surface area contributed by atoms with E-state index in [1.165, 1.54) is 25.3 Å². The summed E-state index contributed by atoms with van der Waals surface area (Å²) in [4.78, 5) is 0. The van der Waals surface area contributed by atoms with Gasteiger partial charge in [0.15, 0.2) is 0 Å². The maximum Gasteiger partial charge on any atom is 2.00 e. The van der Waals surface area contributed by atoms with Crippen LogP contribution in [0.5, 0.6) is 0 Å². The summed E-state index contributed by atoms with van der Waals surface area (Å²) in [5, 5.41) is 0. The van der Waals surface area contributed by atoms with Crippen LogP contribution in [0.25, 0.3) is 0 Å². The predicted octanol–water partition coefficient (Wildman–Crippen LogP) is -0.644. The fraction of sp³-hybridized carbons (Fsp3) is 0.364. The summed E-state index contributed by atoms with van der Waals surface area (Å²) in [5.74, 6) is 0. The molecule has 102 valence electrons. The normalized spacial score (nSPS) is 13.6. The fourth-order valence-corrected chi connectivity index (χ4v) is 0.786. The van der Waals surface area contributed by atoms with E-state index < -0.39 is 10.2 Å².